The molecular weight excluding hydrogens is 320 g/mol. The van der Waals surface area contributed by atoms with E-state index in [0.29, 0.717) is 19.1 Å². The van der Waals surface area contributed by atoms with E-state index in [-0.39, 0.29) is 5.91 Å². The lowest BCUT2D eigenvalue weighted by Crippen LogP contribution is -2.44. The largest absolute Gasteiger partial charge is 0.493 e. The Labute approximate surface area is 128 Å². The number of ether oxygens (including phenoxy) is 1. The second-order valence-corrected chi connectivity index (χ2v) is 5.96. The molecule has 1 aromatic carbocycles. The maximum Gasteiger partial charge on any atom is 0.225 e. The highest BCUT2D eigenvalue weighted by molar-refractivity contribution is 9.10. The zero-order valence-corrected chi connectivity index (χ0v) is 13.4. The minimum Gasteiger partial charge on any atom is -0.493 e. The van der Waals surface area contributed by atoms with E-state index in [1.807, 2.05) is 36.2 Å². The number of amides is 1. The molecule has 0 atom stereocenters. The van der Waals surface area contributed by atoms with Crippen molar-refractivity contribution < 1.29 is 9.53 Å². The van der Waals surface area contributed by atoms with Crippen LogP contribution in [0.25, 0.3) is 0 Å². The van der Waals surface area contributed by atoms with Crippen LogP contribution in [0.5, 0.6) is 5.75 Å². The molecule has 0 saturated carbocycles. The van der Waals surface area contributed by atoms with Crippen LogP contribution < -0.4 is 10.1 Å². The zero-order chi connectivity index (χ0) is 14.4. The van der Waals surface area contributed by atoms with Crippen molar-refractivity contribution in [1.82, 2.24) is 10.2 Å². The Kier molecular flexibility index (Phi) is 5.86. The summed E-state index contributed by atoms with van der Waals surface area (Å²) in [5, 5.41) is 3.31. The molecule has 1 saturated heterocycles. The van der Waals surface area contributed by atoms with Gasteiger partial charge in [0, 0.05) is 17.6 Å². The van der Waals surface area contributed by atoms with Crippen molar-refractivity contribution >= 4 is 21.8 Å². The lowest BCUT2D eigenvalue weighted by Gasteiger charge is -2.31. The average molecular weight is 341 g/mol. The van der Waals surface area contributed by atoms with Crippen LogP contribution in [0, 0.1) is 0 Å². The van der Waals surface area contributed by atoms with E-state index in [2.05, 4.69) is 21.2 Å². The summed E-state index contributed by atoms with van der Waals surface area (Å²) >= 11 is 3.40. The van der Waals surface area contributed by atoms with E-state index >= 15 is 0 Å². The van der Waals surface area contributed by atoms with Gasteiger partial charge in [-0.2, -0.15) is 0 Å². The number of nitrogens with one attached hydrogen (secondary N) is 1. The summed E-state index contributed by atoms with van der Waals surface area (Å²) in [6.07, 6.45) is 2.50. The number of halogens is 1. The summed E-state index contributed by atoms with van der Waals surface area (Å²) in [6, 6.07) is 8.03. The van der Waals surface area contributed by atoms with E-state index in [1.54, 1.807) is 0 Å². The van der Waals surface area contributed by atoms with Gasteiger partial charge in [-0.05, 0) is 44.1 Å². The fourth-order valence-electron chi connectivity index (χ4n) is 2.39. The summed E-state index contributed by atoms with van der Waals surface area (Å²) in [4.78, 5) is 14.0. The molecule has 5 heteroatoms. The highest BCUT2D eigenvalue weighted by Gasteiger charge is 2.21. The Bertz CT molecular complexity index is 447. The maximum absolute atomic E-state index is 12.1. The SMILES string of the molecule is CN(C(=O)CCOc1cccc(Br)c1)C1CCNCC1. The number of hydrogen-bond acceptors (Lipinski definition) is 3. The lowest BCUT2D eigenvalue weighted by molar-refractivity contribution is -0.132. The molecule has 20 heavy (non-hydrogen) atoms. The second-order valence-electron chi connectivity index (χ2n) is 5.04. The van der Waals surface area contributed by atoms with Gasteiger partial charge in [0.2, 0.25) is 5.91 Å². The molecule has 1 fully saturated rings. The van der Waals surface area contributed by atoms with E-state index in [4.69, 9.17) is 4.74 Å². The number of piperidine rings is 1. The van der Waals surface area contributed by atoms with Crippen LogP contribution in [0.3, 0.4) is 0 Å². The van der Waals surface area contributed by atoms with Crippen molar-refractivity contribution in [3.8, 4) is 5.75 Å². The molecule has 0 unspecified atom stereocenters. The predicted octanol–water partition coefficient (Wildman–Crippen LogP) is 2.43. The van der Waals surface area contributed by atoms with E-state index in [9.17, 15) is 4.79 Å². The molecule has 1 aliphatic rings. The van der Waals surface area contributed by atoms with Crippen LogP contribution in [0.4, 0.5) is 0 Å². The molecule has 4 nitrogen and oxygen atoms in total. The van der Waals surface area contributed by atoms with E-state index in [1.165, 1.54) is 0 Å². The van der Waals surface area contributed by atoms with Crippen LogP contribution in [-0.4, -0.2) is 43.6 Å². The minimum absolute atomic E-state index is 0.159. The lowest BCUT2D eigenvalue weighted by atomic mass is 10.1. The fraction of sp³-hybridized carbons (Fsp3) is 0.533. The van der Waals surface area contributed by atoms with Crippen molar-refractivity contribution in [2.24, 2.45) is 0 Å². The van der Waals surface area contributed by atoms with Crippen LogP contribution in [0.1, 0.15) is 19.3 Å². The van der Waals surface area contributed by atoms with Crippen molar-refractivity contribution in [2.45, 2.75) is 25.3 Å². The summed E-state index contributed by atoms with van der Waals surface area (Å²) in [5.74, 6) is 0.948. The van der Waals surface area contributed by atoms with Crippen molar-refractivity contribution in [2.75, 3.05) is 26.7 Å². The normalized spacial score (nSPS) is 15.9. The number of nitrogens with zero attached hydrogens (tertiary/aromatic N) is 1. The summed E-state index contributed by atoms with van der Waals surface area (Å²) in [7, 11) is 1.90. The molecule has 0 aliphatic carbocycles. The highest BCUT2D eigenvalue weighted by Crippen LogP contribution is 2.18. The van der Waals surface area contributed by atoms with Crippen molar-refractivity contribution in [3.63, 3.8) is 0 Å². The zero-order valence-electron chi connectivity index (χ0n) is 11.8. The molecule has 0 aromatic heterocycles. The number of benzene rings is 1. The second kappa shape index (κ2) is 7.64. The quantitative estimate of drug-likeness (QED) is 0.894. The molecule has 2 rings (SSSR count). The molecule has 110 valence electrons. The third-order valence-corrected chi connectivity index (χ3v) is 4.12. The molecule has 0 bridgehead atoms. The number of carbonyl (C=O) groups excluding carboxylic acids is 1. The molecule has 1 heterocycles. The van der Waals surface area contributed by atoms with Gasteiger partial charge >= 0.3 is 0 Å². The Hall–Kier alpha value is -1.07. The van der Waals surface area contributed by atoms with Crippen molar-refractivity contribution in [1.29, 1.82) is 0 Å². The molecule has 1 aliphatic heterocycles. The van der Waals surface area contributed by atoms with Gasteiger partial charge in [0.25, 0.3) is 0 Å². The average Bonchev–Trinajstić information content (AvgIpc) is 2.47. The summed E-state index contributed by atoms with van der Waals surface area (Å²) in [5.41, 5.74) is 0. The first-order valence-corrected chi connectivity index (χ1v) is 7.81. The Balaban J connectivity index is 1.74. The van der Waals surface area contributed by atoms with Crippen LogP contribution in [-0.2, 0) is 4.79 Å². The third-order valence-electron chi connectivity index (χ3n) is 3.63. The monoisotopic (exact) mass is 340 g/mol. The molecule has 1 aromatic rings. The number of carbonyl (C=O) groups is 1. The van der Waals surface area contributed by atoms with Crippen LogP contribution >= 0.6 is 15.9 Å². The summed E-state index contributed by atoms with van der Waals surface area (Å²) < 4.78 is 6.58. The van der Waals surface area contributed by atoms with Gasteiger partial charge in [-0.1, -0.05) is 22.0 Å². The smallest absolute Gasteiger partial charge is 0.225 e. The topological polar surface area (TPSA) is 41.6 Å². The van der Waals surface area contributed by atoms with Gasteiger partial charge < -0.3 is 15.0 Å². The number of hydrogen-bond donors (Lipinski definition) is 1. The van der Waals surface area contributed by atoms with Gasteiger partial charge in [-0.15, -0.1) is 0 Å². The maximum atomic E-state index is 12.1. The van der Waals surface area contributed by atoms with E-state index < -0.39 is 0 Å². The first-order valence-electron chi connectivity index (χ1n) is 7.01. The van der Waals surface area contributed by atoms with Gasteiger partial charge in [0.1, 0.15) is 5.75 Å². The molecular formula is C15H21BrN2O2. The Morgan fingerprint density at radius 1 is 1.45 bits per heavy atom. The fourth-order valence-corrected chi connectivity index (χ4v) is 2.77. The Morgan fingerprint density at radius 3 is 2.90 bits per heavy atom. The van der Waals surface area contributed by atoms with Crippen LogP contribution in [0.15, 0.2) is 28.7 Å². The molecule has 0 radical (unpaired) electrons. The van der Waals surface area contributed by atoms with Gasteiger partial charge in [-0.3, -0.25) is 4.79 Å². The molecule has 1 amide bonds. The molecule has 1 N–H and O–H groups in total. The first-order chi connectivity index (χ1) is 9.66. The highest BCUT2D eigenvalue weighted by atomic mass is 79.9. The van der Waals surface area contributed by atoms with Gasteiger partial charge in [0.05, 0.1) is 13.0 Å². The minimum atomic E-state index is 0.159. The predicted molar refractivity (Wildman–Crippen MR) is 82.9 cm³/mol. The Morgan fingerprint density at radius 2 is 2.20 bits per heavy atom. The van der Waals surface area contributed by atoms with Gasteiger partial charge in [-0.25, -0.2) is 0 Å². The third kappa shape index (κ3) is 4.49. The van der Waals surface area contributed by atoms with Crippen LogP contribution in [0.2, 0.25) is 0 Å². The van der Waals surface area contributed by atoms with Crippen molar-refractivity contribution in [3.05, 3.63) is 28.7 Å². The van der Waals surface area contributed by atoms with Gasteiger partial charge in [0.15, 0.2) is 0 Å². The molecule has 0 spiro atoms. The standard InChI is InChI=1S/C15H21BrN2O2/c1-18(13-5-8-17-9-6-13)15(19)7-10-20-14-4-2-3-12(16)11-14/h2-4,11,13,17H,5-10H2,1H3. The summed E-state index contributed by atoms with van der Waals surface area (Å²) in [6.45, 7) is 2.41. The first kappa shape index (κ1) is 15.3. The van der Waals surface area contributed by atoms with E-state index in [0.717, 1.165) is 36.2 Å². The number of rotatable bonds is 5.